The second kappa shape index (κ2) is 7.79. The van der Waals surface area contributed by atoms with Gasteiger partial charge in [-0.2, -0.15) is 5.10 Å². The quantitative estimate of drug-likeness (QED) is 0.700. The molecule has 1 amide bonds. The lowest BCUT2D eigenvalue weighted by Gasteiger charge is -2.27. The normalized spacial score (nSPS) is 20.4. The number of carbonyl (C=O) groups excluding carboxylic acids is 1. The second-order valence-electron chi connectivity index (χ2n) is 6.31. The zero-order chi connectivity index (χ0) is 17.8. The maximum absolute atomic E-state index is 12.8. The molecular weight excluding hydrogens is 324 g/mol. The first-order valence-corrected chi connectivity index (χ1v) is 8.41. The van der Waals surface area contributed by atoms with Crippen molar-refractivity contribution in [3.05, 3.63) is 35.5 Å². The minimum atomic E-state index is -0.122. The van der Waals surface area contributed by atoms with Crippen molar-refractivity contribution in [1.29, 1.82) is 0 Å². The molecule has 1 aliphatic heterocycles. The first-order valence-electron chi connectivity index (χ1n) is 8.41. The summed E-state index contributed by atoms with van der Waals surface area (Å²) in [5.41, 5.74) is 1.41. The molecule has 1 fully saturated rings. The predicted molar refractivity (Wildman–Crippen MR) is 89.2 cm³/mol. The molecule has 1 aliphatic rings. The molecule has 136 valence electrons. The highest BCUT2D eigenvalue weighted by molar-refractivity contribution is 5.92. The number of ether oxygens (including phenoxy) is 2. The minimum absolute atomic E-state index is 0.0349. The molecule has 2 atom stereocenters. The summed E-state index contributed by atoms with van der Waals surface area (Å²) in [6.45, 7) is 3.45. The van der Waals surface area contributed by atoms with Crippen LogP contribution < -0.4 is 0 Å². The van der Waals surface area contributed by atoms with Crippen molar-refractivity contribution in [2.45, 2.75) is 31.9 Å². The van der Waals surface area contributed by atoms with Gasteiger partial charge in [-0.1, -0.05) is 5.16 Å². The lowest BCUT2D eigenvalue weighted by Crippen LogP contribution is -2.42. The molecule has 0 radical (unpaired) electrons. The molecular formula is C17H24N4O4. The maximum Gasteiger partial charge on any atom is 0.276 e. The van der Waals surface area contributed by atoms with E-state index in [0.717, 1.165) is 12.0 Å². The Hall–Kier alpha value is -2.19. The van der Waals surface area contributed by atoms with Crippen LogP contribution in [-0.2, 0) is 22.9 Å². The van der Waals surface area contributed by atoms with Gasteiger partial charge in [-0.05, 0) is 25.3 Å². The number of rotatable bonds is 7. The summed E-state index contributed by atoms with van der Waals surface area (Å²) in [7, 11) is 3.53. The molecule has 0 unspecified atom stereocenters. The molecule has 8 heteroatoms. The fourth-order valence-corrected chi connectivity index (χ4v) is 3.23. The van der Waals surface area contributed by atoms with Crippen molar-refractivity contribution in [2.24, 2.45) is 7.05 Å². The molecule has 0 aromatic carbocycles. The number of hydrogen-bond acceptors (Lipinski definition) is 6. The fraction of sp³-hybridized carbons (Fsp3) is 0.588. The zero-order valence-electron chi connectivity index (χ0n) is 14.8. The van der Waals surface area contributed by atoms with Gasteiger partial charge < -0.3 is 18.9 Å². The largest absolute Gasteiger partial charge is 0.382 e. The summed E-state index contributed by atoms with van der Waals surface area (Å²) in [5, 5.41) is 8.08. The van der Waals surface area contributed by atoms with Crippen LogP contribution in [0.15, 0.2) is 23.0 Å². The van der Waals surface area contributed by atoms with Gasteiger partial charge in [0.05, 0.1) is 31.6 Å². The van der Waals surface area contributed by atoms with Crippen molar-refractivity contribution in [3.8, 4) is 0 Å². The van der Waals surface area contributed by atoms with Crippen LogP contribution in [0.2, 0.25) is 0 Å². The summed E-state index contributed by atoms with van der Waals surface area (Å²) in [5.74, 6) is 0.503. The third-order valence-electron chi connectivity index (χ3n) is 4.41. The van der Waals surface area contributed by atoms with Crippen molar-refractivity contribution in [1.82, 2.24) is 19.8 Å². The highest BCUT2D eigenvalue weighted by Gasteiger charge is 2.39. The second-order valence-corrected chi connectivity index (χ2v) is 6.31. The van der Waals surface area contributed by atoms with E-state index in [1.54, 1.807) is 24.8 Å². The molecule has 8 nitrogen and oxygen atoms in total. The lowest BCUT2D eigenvalue weighted by atomic mass is 10.0. The Balaban J connectivity index is 1.76. The van der Waals surface area contributed by atoms with Gasteiger partial charge in [0.1, 0.15) is 5.76 Å². The highest BCUT2D eigenvalue weighted by Crippen LogP contribution is 2.26. The van der Waals surface area contributed by atoms with E-state index >= 15 is 0 Å². The van der Waals surface area contributed by atoms with Crippen LogP contribution >= 0.6 is 0 Å². The first-order chi connectivity index (χ1) is 12.1. The molecule has 1 saturated heterocycles. The van der Waals surface area contributed by atoms with E-state index in [1.807, 2.05) is 24.3 Å². The minimum Gasteiger partial charge on any atom is -0.382 e. The summed E-state index contributed by atoms with van der Waals surface area (Å²) in [6, 6.07) is 1.60. The molecule has 3 heterocycles. The average molecular weight is 348 g/mol. The Bertz CT molecular complexity index is 711. The molecule has 0 bridgehead atoms. The van der Waals surface area contributed by atoms with Crippen LogP contribution in [0.3, 0.4) is 0 Å². The number of methoxy groups -OCH3 is 1. The smallest absolute Gasteiger partial charge is 0.276 e. The summed E-state index contributed by atoms with van der Waals surface area (Å²) < 4.78 is 17.8. The van der Waals surface area contributed by atoms with Crippen molar-refractivity contribution < 1.29 is 18.8 Å². The summed E-state index contributed by atoms with van der Waals surface area (Å²) in [6.07, 6.45) is 5.24. The zero-order valence-corrected chi connectivity index (χ0v) is 14.8. The number of likely N-dealkylation sites (tertiary alicyclic amines) is 1. The Morgan fingerprint density at radius 3 is 2.92 bits per heavy atom. The molecule has 3 rings (SSSR count). The molecule has 0 spiro atoms. The third-order valence-corrected chi connectivity index (χ3v) is 4.41. The van der Waals surface area contributed by atoms with Crippen molar-refractivity contribution >= 4 is 5.91 Å². The van der Waals surface area contributed by atoms with Crippen LogP contribution in [0.1, 0.15) is 28.2 Å². The van der Waals surface area contributed by atoms with Crippen LogP contribution in [0.5, 0.6) is 0 Å². The summed E-state index contributed by atoms with van der Waals surface area (Å²) in [4.78, 5) is 14.7. The third kappa shape index (κ3) is 4.08. The van der Waals surface area contributed by atoms with E-state index in [2.05, 4.69) is 10.3 Å². The molecule has 2 aromatic heterocycles. The number of amides is 1. The van der Waals surface area contributed by atoms with Crippen molar-refractivity contribution in [3.63, 3.8) is 0 Å². The van der Waals surface area contributed by atoms with E-state index in [9.17, 15) is 4.79 Å². The lowest BCUT2D eigenvalue weighted by molar-refractivity contribution is 0.000366. The van der Waals surface area contributed by atoms with Gasteiger partial charge in [0.15, 0.2) is 5.69 Å². The van der Waals surface area contributed by atoms with Crippen LogP contribution in [0, 0.1) is 6.92 Å². The number of aryl methyl sites for hydroxylation is 2. The van der Waals surface area contributed by atoms with Crippen LogP contribution in [0.25, 0.3) is 0 Å². The van der Waals surface area contributed by atoms with Gasteiger partial charge in [-0.15, -0.1) is 0 Å². The predicted octanol–water partition coefficient (Wildman–Crippen LogP) is 1.21. The molecule has 0 saturated carbocycles. The van der Waals surface area contributed by atoms with E-state index in [4.69, 9.17) is 14.0 Å². The molecule has 0 aliphatic carbocycles. The van der Waals surface area contributed by atoms with Gasteiger partial charge in [0, 0.05) is 33.0 Å². The SMILES string of the molecule is COCCO[C@H]1CCN(C(=O)c2cc(C)on2)[C@H]1Cc1cnn(C)c1. The van der Waals surface area contributed by atoms with Gasteiger partial charge in [0.2, 0.25) is 0 Å². The Labute approximate surface area is 146 Å². The molecule has 25 heavy (non-hydrogen) atoms. The number of hydrogen-bond donors (Lipinski definition) is 0. The first kappa shape index (κ1) is 17.6. The van der Waals surface area contributed by atoms with Gasteiger partial charge in [0.25, 0.3) is 5.91 Å². The van der Waals surface area contributed by atoms with E-state index in [1.165, 1.54) is 0 Å². The van der Waals surface area contributed by atoms with Crippen molar-refractivity contribution in [2.75, 3.05) is 26.9 Å². The van der Waals surface area contributed by atoms with Crippen LogP contribution in [-0.4, -0.2) is 64.8 Å². The average Bonchev–Trinajstić information content (AvgIpc) is 3.29. The number of nitrogens with zero attached hydrogens (tertiary/aromatic N) is 4. The monoisotopic (exact) mass is 348 g/mol. The van der Waals surface area contributed by atoms with E-state index in [-0.39, 0.29) is 18.1 Å². The Kier molecular flexibility index (Phi) is 5.50. The van der Waals surface area contributed by atoms with Crippen LogP contribution in [0.4, 0.5) is 0 Å². The molecule has 2 aromatic rings. The maximum atomic E-state index is 12.8. The fourth-order valence-electron chi connectivity index (χ4n) is 3.23. The summed E-state index contributed by atoms with van der Waals surface area (Å²) >= 11 is 0. The van der Waals surface area contributed by atoms with E-state index in [0.29, 0.717) is 37.6 Å². The number of carbonyl (C=O) groups is 1. The van der Waals surface area contributed by atoms with Gasteiger partial charge in [-0.25, -0.2) is 0 Å². The highest BCUT2D eigenvalue weighted by atomic mass is 16.5. The Morgan fingerprint density at radius 2 is 2.28 bits per heavy atom. The van der Waals surface area contributed by atoms with Gasteiger partial charge in [-0.3, -0.25) is 9.48 Å². The van der Waals surface area contributed by atoms with Gasteiger partial charge >= 0.3 is 0 Å². The number of aromatic nitrogens is 3. The topological polar surface area (TPSA) is 82.6 Å². The standard InChI is InChI=1S/C17H24N4O4/c1-12-8-14(19-25-12)17(22)21-5-4-16(24-7-6-23-3)15(21)9-13-10-18-20(2)11-13/h8,10-11,15-16H,4-7,9H2,1-3H3/t15-,16-/m0/s1. The Morgan fingerprint density at radius 1 is 1.44 bits per heavy atom. The van der Waals surface area contributed by atoms with E-state index < -0.39 is 0 Å². The molecule has 0 N–H and O–H groups in total.